The monoisotopic (exact) mass is 386 g/mol. The fourth-order valence-corrected chi connectivity index (χ4v) is 3.92. The Bertz CT molecular complexity index is 805. The van der Waals surface area contributed by atoms with Gasteiger partial charge in [0.25, 0.3) is 0 Å². The molecule has 1 fully saturated rings. The second-order valence-electron chi connectivity index (χ2n) is 6.88. The number of carbonyl (C=O) groups is 2. The third kappa shape index (κ3) is 5.61. The molecule has 1 saturated heterocycles. The Morgan fingerprint density at radius 1 is 1.33 bits per heavy atom. The van der Waals surface area contributed by atoms with Crippen LogP contribution in [-0.2, 0) is 9.59 Å². The number of nitrogens with one attached hydrogen (secondary N) is 2. The van der Waals surface area contributed by atoms with E-state index in [2.05, 4.69) is 20.5 Å². The van der Waals surface area contributed by atoms with Crippen LogP contribution in [0.2, 0.25) is 0 Å². The van der Waals surface area contributed by atoms with Crippen molar-refractivity contribution >= 4 is 28.8 Å². The molecule has 3 rings (SSSR count). The van der Waals surface area contributed by atoms with Gasteiger partial charge in [0, 0.05) is 35.6 Å². The zero-order valence-electron chi connectivity index (χ0n) is 15.8. The van der Waals surface area contributed by atoms with E-state index in [-0.39, 0.29) is 17.9 Å². The summed E-state index contributed by atoms with van der Waals surface area (Å²) in [5, 5.41) is 9.06. The average molecular weight is 387 g/mol. The van der Waals surface area contributed by atoms with Crippen LogP contribution in [0.1, 0.15) is 31.2 Å². The van der Waals surface area contributed by atoms with Crippen LogP contribution in [0.5, 0.6) is 0 Å². The number of benzene rings is 1. The topological polar surface area (TPSA) is 74.3 Å². The number of hydrogen-bond acceptors (Lipinski definition) is 5. The predicted octanol–water partition coefficient (Wildman–Crippen LogP) is 3.05. The molecule has 144 valence electrons. The fourth-order valence-electron chi connectivity index (χ4n) is 3.30. The van der Waals surface area contributed by atoms with Crippen molar-refractivity contribution in [3.8, 4) is 11.3 Å². The Hall–Kier alpha value is -2.25. The standard InChI is InChI=1S/C20H26N4O2S/c1-3-19(25)23-17-8-5-9-24(11-17)12-20(26)22-16-7-4-6-15(10-16)18-13-27-14(2)21-18/h4,6-7,10,13,17H,3,5,8-9,11-12H2,1-2H3,(H,22,26)(H,23,25). The number of amides is 2. The zero-order chi connectivity index (χ0) is 19.2. The van der Waals surface area contributed by atoms with Gasteiger partial charge in [-0.05, 0) is 38.4 Å². The second-order valence-corrected chi connectivity index (χ2v) is 7.94. The van der Waals surface area contributed by atoms with E-state index in [9.17, 15) is 9.59 Å². The van der Waals surface area contributed by atoms with Crippen LogP contribution in [0.25, 0.3) is 11.3 Å². The molecule has 1 aromatic carbocycles. The third-order valence-electron chi connectivity index (χ3n) is 4.62. The molecule has 1 aliphatic heterocycles. The average Bonchev–Trinajstić information content (AvgIpc) is 3.08. The molecule has 6 nitrogen and oxygen atoms in total. The van der Waals surface area contributed by atoms with Crippen molar-refractivity contribution < 1.29 is 9.59 Å². The van der Waals surface area contributed by atoms with E-state index in [1.807, 2.05) is 43.5 Å². The second kappa shape index (κ2) is 9.10. The Morgan fingerprint density at radius 2 is 2.19 bits per heavy atom. The summed E-state index contributed by atoms with van der Waals surface area (Å²) in [6.45, 7) is 5.76. The van der Waals surface area contributed by atoms with Crippen LogP contribution < -0.4 is 10.6 Å². The molecule has 2 aromatic rings. The summed E-state index contributed by atoms with van der Waals surface area (Å²) in [7, 11) is 0. The van der Waals surface area contributed by atoms with E-state index in [1.54, 1.807) is 11.3 Å². The molecule has 1 atom stereocenters. The summed E-state index contributed by atoms with van der Waals surface area (Å²) in [6.07, 6.45) is 2.45. The molecule has 27 heavy (non-hydrogen) atoms. The largest absolute Gasteiger partial charge is 0.352 e. The highest BCUT2D eigenvalue weighted by molar-refractivity contribution is 7.09. The first-order valence-electron chi connectivity index (χ1n) is 9.37. The number of carbonyl (C=O) groups excluding carboxylic acids is 2. The van der Waals surface area contributed by atoms with E-state index >= 15 is 0 Å². The molecule has 7 heteroatoms. The number of likely N-dealkylation sites (tertiary alicyclic amines) is 1. The van der Waals surface area contributed by atoms with Crippen molar-refractivity contribution in [3.63, 3.8) is 0 Å². The number of piperidine rings is 1. The van der Waals surface area contributed by atoms with Gasteiger partial charge in [-0.3, -0.25) is 14.5 Å². The Balaban J connectivity index is 1.55. The van der Waals surface area contributed by atoms with Crippen LogP contribution in [0.4, 0.5) is 5.69 Å². The summed E-state index contributed by atoms with van der Waals surface area (Å²) >= 11 is 1.61. The normalized spacial score (nSPS) is 17.5. The van der Waals surface area contributed by atoms with E-state index in [0.29, 0.717) is 13.0 Å². The molecule has 0 saturated carbocycles. The number of anilines is 1. The maximum absolute atomic E-state index is 12.5. The molecule has 0 bridgehead atoms. The highest BCUT2D eigenvalue weighted by Gasteiger charge is 2.22. The minimum absolute atomic E-state index is 0.0379. The Labute approximate surface area is 164 Å². The van der Waals surface area contributed by atoms with Crippen molar-refractivity contribution in [1.29, 1.82) is 0 Å². The molecule has 2 amide bonds. The van der Waals surface area contributed by atoms with Crippen LogP contribution in [0.3, 0.4) is 0 Å². The van der Waals surface area contributed by atoms with Gasteiger partial charge in [0.15, 0.2) is 0 Å². The zero-order valence-corrected chi connectivity index (χ0v) is 16.6. The van der Waals surface area contributed by atoms with Crippen LogP contribution in [-0.4, -0.2) is 47.4 Å². The van der Waals surface area contributed by atoms with Crippen LogP contribution in [0, 0.1) is 6.92 Å². The minimum Gasteiger partial charge on any atom is -0.352 e. The van der Waals surface area contributed by atoms with Gasteiger partial charge in [-0.1, -0.05) is 19.1 Å². The van der Waals surface area contributed by atoms with Gasteiger partial charge in [-0.2, -0.15) is 0 Å². The molecule has 2 N–H and O–H groups in total. The summed E-state index contributed by atoms with van der Waals surface area (Å²) < 4.78 is 0. The fraction of sp³-hybridized carbons (Fsp3) is 0.450. The van der Waals surface area contributed by atoms with E-state index < -0.39 is 0 Å². The van der Waals surface area contributed by atoms with Crippen molar-refractivity contribution in [2.24, 2.45) is 0 Å². The van der Waals surface area contributed by atoms with Crippen LogP contribution in [0.15, 0.2) is 29.6 Å². The minimum atomic E-state index is -0.0379. The lowest BCUT2D eigenvalue weighted by Crippen LogP contribution is -2.49. The van der Waals surface area contributed by atoms with Crippen molar-refractivity contribution in [2.45, 2.75) is 39.2 Å². The molecular weight excluding hydrogens is 360 g/mol. The maximum Gasteiger partial charge on any atom is 0.238 e. The van der Waals surface area contributed by atoms with E-state index in [4.69, 9.17) is 0 Å². The van der Waals surface area contributed by atoms with Gasteiger partial charge in [0.05, 0.1) is 17.2 Å². The third-order valence-corrected chi connectivity index (χ3v) is 5.39. The number of hydrogen-bond donors (Lipinski definition) is 2. The number of nitrogens with zero attached hydrogens (tertiary/aromatic N) is 2. The highest BCUT2D eigenvalue weighted by atomic mass is 32.1. The quantitative estimate of drug-likeness (QED) is 0.800. The Morgan fingerprint density at radius 3 is 2.93 bits per heavy atom. The highest BCUT2D eigenvalue weighted by Crippen LogP contribution is 2.24. The van der Waals surface area contributed by atoms with Crippen molar-refractivity contribution in [2.75, 3.05) is 25.0 Å². The molecule has 0 radical (unpaired) electrons. The van der Waals surface area contributed by atoms with Gasteiger partial charge in [-0.15, -0.1) is 11.3 Å². The van der Waals surface area contributed by atoms with Crippen molar-refractivity contribution in [1.82, 2.24) is 15.2 Å². The molecular formula is C20H26N4O2S. The van der Waals surface area contributed by atoms with Gasteiger partial charge < -0.3 is 10.6 Å². The van der Waals surface area contributed by atoms with E-state index in [1.165, 1.54) is 0 Å². The first kappa shape index (κ1) is 19.5. The van der Waals surface area contributed by atoms with Gasteiger partial charge >= 0.3 is 0 Å². The molecule has 2 heterocycles. The summed E-state index contributed by atoms with van der Waals surface area (Å²) in [5.41, 5.74) is 2.70. The lowest BCUT2D eigenvalue weighted by atomic mass is 10.1. The molecule has 1 aliphatic rings. The first-order valence-corrected chi connectivity index (χ1v) is 10.3. The van der Waals surface area contributed by atoms with E-state index in [0.717, 1.165) is 47.9 Å². The summed E-state index contributed by atoms with van der Waals surface area (Å²) in [5.74, 6) is 0.0319. The number of thiazole rings is 1. The summed E-state index contributed by atoms with van der Waals surface area (Å²) in [4.78, 5) is 30.7. The summed E-state index contributed by atoms with van der Waals surface area (Å²) in [6, 6.07) is 7.90. The Kier molecular flexibility index (Phi) is 6.58. The smallest absolute Gasteiger partial charge is 0.238 e. The molecule has 1 aromatic heterocycles. The number of aryl methyl sites for hydroxylation is 1. The maximum atomic E-state index is 12.5. The first-order chi connectivity index (χ1) is 13.0. The molecule has 0 spiro atoms. The molecule has 0 aliphatic carbocycles. The van der Waals surface area contributed by atoms with Crippen molar-refractivity contribution in [3.05, 3.63) is 34.7 Å². The van der Waals surface area contributed by atoms with Crippen LogP contribution >= 0.6 is 11.3 Å². The number of aromatic nitrogens is 1. The lowest BCUT2D eigenvalue weighted by Gasteiger charge is -2.32. The van der Waals surface area contributed by atoms with Gasteiger partial charge in [0.1, 0.15) is 0 Å². The van der Waals surface area contributed by atoms with Gasteiger partial charge in [0.2, 0.25) is 11.8 Å². The van der Waals surface area contributed by atoms with Gasteiger partial charge in [-0.25, -0.2) is 4.98 Å². The molecule has 1 unspecified atom stereocenters. The SMILES string of the molecule is CCC(=O)NC1CCCN(CC(=O)Nc2cccc(-c3csc(C)n3)c2)C1. The predicted molar refractivity (Wildman–Crippen MR) is 109 cm³/mol. The number of rotatable bonds is 6. The lowest BCUT2D eigenvalue weighted by molar-refractivity contribution is -0.121.